The van der Waals surface area contributed by atoms with E-state index in [-0.39, 0.29) is 0 Å². The summed E-state index contributed by atoms with van der Waals surface area (Å²) in [6.07, 6.45) is 5.14. The molecule has 0 radical (unpaired) electrons. The molecule has 0 aromatic carbocycles. The van der Waals surface area contributed by atoms with E-state index in [9.17, 15) is 0 Å². The number of tetrazole rings is 1. The first kappa shape index (κ1) is 10.8. The molecule has 0 saturated heterocycles. The fourth-order valence-electron chi connectivity index (χ4n) is 1.91. The van der Waals surface area contributed by atoms with Crippen molar-refractivity contribution in [2.45, 2.75) is 26.7 Å². The number of nitrogens with zero attached hydrogens (tertiary/aromatic N) is 7. The van der Waals surface area contributed by atoms with Crippen molar-refractivity contribution in [2.24, 2.45) is 0 Å². The van der Waals surface area contributed by atoms with E-state index in [0.29, 0.717) is 5.65 Å². The van der Waals surface area contributed by atoms with Crippen LogP contribution in [0, 0.1) is 0 Å². The molecular weight excluding hydrogens is 230 g/mol. The van der Waals surface area contributed by atoms with Crippen molar-refractivity contribution in [1.82, 2.24) is 34.8 Å². The first-order chi connectivity index (χ1) is 8.83. The summed E-state index contributed by atoms with van der Waals surface area (Å²) in [6, 6.07) is 2.10. The predicted octanol–water partition coefficient (Wildman–Crippen LogP) is 0.830. The Hall–Kier alpha value is -2.31. The summed E-state index contributed by atoms with van der Waals surface area (Å²) >= 11 is 0. The van der Waals surface area contributed by atoms with Crippen molar-refractivity contribution in [1.29, 1.82) is 0 Å². The second kappa shape index (κ2) is 4.17. The second-order valence-corrected chi connectivity index (χ2v) is 3.96. The van der Waals surface area contributed by atoms with Gasteiger partial charge in [-0.15, -0.1) is 5.10 Å². The Morgan fingerprint density at radius 2 is 2.06 bits per heavy atom. The maximum absolute atomic E-state index is 4.56. The first-order valence-corrected chi connectivity index (χ1v) is 5.93. The molecule has 7 heteroatoms. The monoisotopic (exact) mass is 243 g/mol. The van der Waals surface area contributed by atoms with Gasteiger partial charge in [0.15, 0.2) is 11.5 Å². The van der Waals surface area contributed by atoms with Crippen molar-refractivity contribution in [3.63, 3.8) is 0 Å². The van der Waals surface area contributed by atoms with Crippen LogP contribution in [0.5, 0.6) is 0 Å². The van der Waals surface area contributed by atoms with Gasteiger partial charge in [-0.2, -0.15) is 9.61 Å². The van der Waals surface area contributed by atoms with Gasteiger partial charge in [-0.1, -0.05) is 13.8 Å². The Bertz CT molecular complexity index is 682. The molecule has 3 aromatic rings. The van der Waals surface area contributed by atoms with Crippen molar-refractivity contribution < 1.29 is 0 Å². The minimum Gasteiger partial charge on any atom is -0.257 e. The quantitative estimate of drug-likeness (QED) is 0.681. The van der Waals surface area contributed by atoms with Crippen LogP contribution in [0.3, 0.4) is 0 Å². The van der Waals surface area contributed by atoms with Crippen molar-refractivity contribution in [3.05, 3.63) is 29.8 Å². The summed E-state index contributed by atoms with van der Waals surface area (Å²) < 4.78 is 3.49. The minimum absolute atomic E-state index is 0.614. The molecule has 3 heterocycles. The molecule has 0 aliphatic rings. The largest absolute Gasteiger partial charge is 0.257 e. The van der Waals surface area contributed by atoms with E-state index < -0.39 is 0 Å². The average molecular weight is 243 g/mol. The van der Waals surface area contributed by atoms with Gasteiger partial charge in [-0.05, 0) is 29.3 Å². The lowest BCUT2D eigenvalue weighted by molar-refractivity contribution is 0.713. The Morgan fingerprint density at radius 1 is 1.17 bits per heavy atom. The Labute approximate surface area is 103 Å². The molecule has 0 aliphatic carbocycles. The molecule has 18 heavy (non-hydrogen) atoms. The van der Waals surface area contributed by atoms with Gasteiger partial charge in [0.1, 0.15) is 0 Å². The zero-order valence-corrected chi connectivity index (χ0v) is 10.3. The van der Waals surface area contributed by atoms with Crippen LogP contribution in [0.4, 0.5) is 0 Å². The lowest BCUT2D eigenvalue weighted by Gasteiger charge is -2.05. The van der Waals surface area contributed by atoms with Crippen LogP contribution in [0.25, 0.3) is 11.5 Å². The van der Waals surface area contributed by atoms with E-state index in [1.807, 2.05) is 4.68 Å². The highest BCUT2D eigenvalue weighted by molar-refractivity contribution is 5.38. The molecule has 0 fully saturated rings. The second-order valence-electron chi connectivity index (χ2n) is 3.96. The van der Waals surface area contributed by atoms with E-state index in [1.165, 1.54) is 0 Å². The van der Waals surface area contributed by atoms with Crippen LogP contribution in [0.15, 0.2) is 18.5 Å². The van der Waals surface area contributed by atoms with E-state index >= 15 is 0 Å². The maximum atomic E-state index is 4.56. The molecule has 3 rings (SSSR count). The summed E-state index contributed by atoms with van der Waals surface area (Å²) in [7, 11) is 0. The molecule has 3 aromatic heterocycles. The van der Waals surface area contributed by atoms with Gasteiger partial charge in [0.25, 0.3) is 0 Å². The van der Waals surface area contributed by atoms with Gasteiger partial charge in [-0.25, -0.2) is 4.68 Å². The van der Waals surface area contributed by atoms with Crippen LogP contribution >= 0.6 is 0 Å². The third-order valence-corrected chi connectivity index (χ3v) is 2.87. The highest BCUT2D eigenvalue weighted by Crippen LogP contribution is 2.13. The van der Waals surface area contributed by atoms with Crippen molar-refractivity contribution in [3.8, 4) is 5.82 Å². The molecule has 0 amide bonds. The van der Waals surface area contributed by atoms with E-state index in [1.54, 1.807) is 16.9 Å². The fourth-order valence-corrected chi connectivity index (χ4v) is 1.91. The van der Waals surface area contributed by atoms with Crippen molar-refractivity contribution >= 4 is 5.65 Å². The zero-order valence-electron chi connectivity index (χ0n) is 10.3. The Kier molecular flexibility index (Phi) is 2.51. The molecule has 0 atom stereocenters. The third kappa shape index (κ3) is 1.55. The molecule has 0 aliphatic heterocycles. The average Bonchev–Trinajstić information content (AvgIpc) is 3.04. The minimum atomic E-state index is 0.614. The molecule has 0 spiro atoms. The van der Waals surface area contributed by atoms with Gasteiger partial charge in [0.05, 0.1) is 18.1 Å². The molecule has 0 N–H and O–H groups in total. The van der Waals surface area contributed by atoms with Crippen LogP contribution in [-0.4, -0.2) is 34.8 Å². The highest BCUT2D eigenvalue weighted by Gasteiger charge is 2.12. The molecule has 92 valence electrons. The van der Waals surface area contributed by atoms with Gasteiger partial charge in [-0.3, -0.25) is 4.98 Å². The molecule has 7 nitrogen and oxygen atoms in total. The summed E-state index contributed by atoms with van der Waals surface area (Å²) in [5.41, 5.74) is 2.79. The standard InChI is InChI=1S/C11H13N7/c1-3-8-5-9(4-2)17(14-8)11-7-12-6-10-13-15-16-18(10)11/h5-7H,3-4H2,1-2H3. The van der Waals surface area contributed by atoms with Crippen molar-refractivity contribution in [2.75, 3.05) is 0 Å². The molecular formula is C11H13N7. The summed E-state index contributed by atoms with van der Waals surface area (Å²) in [5, 5.41) is 16.1. The van der Waals surface area contributed by atoms with Gasteiger partial charge >= 0.3 is 0 Å². The smallest absolute Gasteiger partial charge is 0.199 e. The van der Waals surface area contributed by atoms with E-state index in [2.05, 4.69) is 45.5 Å². The summed E-state index contributed by atoms with van der Waals surface area (Å²) in [4.78, 5) is 4.15. The number of aryl methyl sites for hydroxylation is 2. The lowest BCUT2D eigenvalue weighted by atomic mass is 10.3. The number of rotatable bonds is 3. The van der Waals surface area contributed by atoms with E-state index in [0.717, 1.165) is 30.0 Å². The Morgan fingerprint density at radius 3 is 2.83 bits per heavy atom. The van der Waals surface area contributed by atoms with Gasteiger partial charge in [0, 0.05) is 5.69 Å². The summed E-state index contributed by atoms with van der Waals surface area (Å²) in [5.74, 6) is 0.758. The topological polar surface area (TPSA) is 73.8 Å². The molecule has 0 bridgehead atoms. The van der Waals surface area contributed by atoms with Crippen LogP contribution < -0.4 is 0 Å². The zero-order chi connectivity index (χ0) is 12.5. The fraction of sp³-hybridized carbons (Fsp3) is 0.364. The number of hydrogen-bond donors (Lipinski definition) is 0. The maximum Gasteiger partial charge on any atom is 0.199 e. The van der Waals surface area contributed by atoms with Crippen LogP contribution in [0.1, 0.15) is 25.2 Å². The first-order valence-electron chi connectivity index (χ1n) is 5.93. The van der Waals surface area contributed by atoms with Crippen LogP contribution in [-0.2, 0) is 12.8 Å². The number of aromatic nitrogens is 7. The van der Waals surface area contributed by atoms with Gasteiger partial charge < -0.3 is 0 Å². The van der Waals surface area contributed by atoms with E-state index in [4.69, 9.17) is 0 Å². The number of hydrogen-bond acceptors (Lipinski definition) is 5. The normalized spacial score (nSPS) is 11.2. The van der Waals surface area contributed by atoms with Gasteiger partial charge in [0.2, 0.25) is 0 Å². The third-order valence-electron chi connectivity index (χ3n) is 2.87. The summed E-state index contributed by atoms with van der Waals surface area (Å²) in [6.45, 7) is 4.18. The molecule has 0 saturated carbocycles. The molecule has 0 unspecified atom stereocenters. The highest BCUT2D eigenvalue weighted by atomic mass is 15.5. The number of fused-ring (bicyclic) bond motifs is 1. The van der Waals surface area contributed by atoms with Crippen LogP contribution in [0.2, 0.25) is 0 Å². The SMILES string of the molecule is CCc1cc(CC)n(-c2cncc3nnnn23)n1. The predicted molar refractivity (Wildman–Crippen MR) is 64.5 cm³/mol. The lowest BCUT2D eigenvalue weighted by Crippen LogP contribution is -2.09. The Balaban J connectivity index is 2.25.